The smallest absolute Gasteiger partial charge is 0.335 e. The average molecular weight is 338 g/mol. The molecule has 0 atom stereocenters. The summed E-state index contributed by atoms with van der Waals surface area (Å²) in [5.74, 6) is -1.27. The predicted molar refractivity (Wildman–Crippen MR) is 80.3 cm³/mol. The lowest BCUT2D eigenvalue weighted by Gasteiger charge is -2.13. The lowest BCUT2D eigenvalue weighted by atomic mass is 10.1. The zero-order chi connectivity index (χ0) is 14.9. The first kappa shape index (κ1) is 14.5. The Hall–Kier alpha value is -1.88. The molecule has 0 saturated heterocycles. The maximum Gasteiger partial charge on any atom is 0.335 e. The average Bonchev–Trinajstić information content (AvgIpc) is 2.37. The van der Waals surface area contributed by atoms with E-state index in [1.165, 1.54) is 12.1 Å². The topological polar surface area (TPSA) is 49.3 Å². The minimum atomic E-state index is -0.958. The van der Waals surface area contributed by atoms with Crippen LogP contribution in [0.5, 0.6) is 0 Å². The molecule has 2 aromatic rings. The highest BCUT2D eigenvalue weighted by Gasteiger charge is 2.09. The molecule has 20 heavy (non-hydrogen) atoms. The molecular weight excluding hydrogens is 325 g/mol. The fourth-order valence-corrected chi connectivity index (χ4v) is 2.21. The third kappa shape index (κ3) is 2.99. The lowest BCUT2D eigenvalue weighted by molar-refractivity contribution is 0.0697. The Balaban J connectivity index is 2.35. The first-order valence-corrected chi connectivity index (χ1v) is 6.74. The molecule has 2 aromatic carbocycles. The summed E-state index contributed by atoms with van der Waals surface area (Å²) >= 11 is 3.15. The normalized spacial score (nSPS) is 10.4. The van der Waals surface area contributed by atoms with Gasteiger partial charge in [-0.3, -0.25) is 0 Å². The van der Waals surface area contributed by atoms with Gasteiger partial charge in [-0.05, 0) is 71.2 Å². The van der Waals surface area contributed by atoms with Crippen molar-refractivity contribution < 1.29 is 14.3 Å². The van der Waals surface area contributed by atoms with Crippen molar-refractivity contribution in [3.63, 3.8) is 0 Å². The fraction of sp³-hybridized carbons (Fsp3) is 0.133. The third-order valence-electron chi connectivity index (χ3n) is 3.01. The summed E-state index contributed by atoms with van der Waals surface area (Å²) in [6, 6.07) is 7.93. The van der Waals surface area contributed by atoms with E-state index in [-0.39, 0.29) is 11.4 Å². The minimum absolute atomic E-state index is 0.241. The van der Waals surface area contributed by atoms with Crippen LogP contribution >= 0.6 is 15.9 Å². The molecule has 0 fully saturated rings. The summed E-state index contributed by atoms with van der Waals surface area (Å²) in [5, 5.41) is 12.1. The van der Waals surface area contributed by atoms with Gasteiger partial charge in [0.15, 0.2) is 0 Å². The summed E-state index contributed by atoms with van der Waals surface area (Å²) < 4.78 is 13.8. The molecule has 0 unspecified atom stereocenters. The van der Waals surface area contributed by atoms with Crippen LogP contribution in [0.2, 0.25) is 0 Å². The van der Waals surface area contributed by atoms with E-state index in [9.17, 15) is 9.18 Å². The summed E-state index contributed by atoms with van der Waals surface area (Å²) in [7, 11) is 0. The number of halogens is 2. The van der Waals surface area contributed by atoms with Gasteiger partial charge in [0.25, 0.3) is 0 Å². The Bertz CT molecular complexity index is 686. The summed E-state index contributed by atoms with van der Waals surface area (Å²) in [6.45, 7) is 3.63. The van der Waals surface area contributed by atoms with Crippen molar-refractivity contribution >= 4 is 33.3 Å². The number of anilines is 2. The van der Waals surface area contributed by atoms with Crippen LogP contribution in [0.15, 0.2) is 34.8 Å². The molecule has 0 aromatic heterocycles. The second-order valence-corrected chi connectivity index (χ2v) is 5.40. The zero-order valence-electron chi connectivity index (χ0n) is 11.0. The number of hydrogen-bond acceptors (Lipinski definition) is 2. The molecule has 0 spiro atoms. The molecular formula is C15H13BrFNO2. The fourth-order valence-electron chi connectivity index (χ4n) is 1.86. The van der Waals surface area contributed by atoms with Crippen LogP contribution < -0.4 is 5.32 Å². The number of carboxylic acids is 1. The molecule has 3 nitrogen and oxygen atoms in total. The summed E-state index contributed by atoms with van der Waals surface area (Å²) in [6.07, 6.45) is 0. The second-order valence-electron chi connectivity index (χ2n) is 4.54. The first-order valence-electron chi connectivity index (χ1n) is 5.95. The molecule has 2 N–H and O–H groups in total. The summed E-state index contributed by atoms with van der Waals surface area (Å²) in [5.41, 5.74) is 3.38. The Labute approximate surface area is 124 Å². The van der Waals surface area contributed by atoms with Gasteiger partial charge in [-0.25, -0.2) is 9.18 Å². The quantitative estimate of drug-likeness (QED) is 0.857. The van der Waals surface area contributed by atoms with E-state index in [1.54, 1.807) is 25.1 Å². The SMILES string of the molecule is Cc1cc(C(=O)O)ccc1Nc1cc(Br)c(F)cc1C. The Kier molecular flexibility index (Phi) is 4.09. The molecule has 2 rings (SSSR count). The van der Waals surface area contributed by atoms with Gasteiger partial charge < -0.3 is 10.4 Å². The molecule has 0 heterocycles. The van der Waals surface area contributed by atoms with E-state index in [4.69, 9.17) is 5.11 Å². The molecule has 0 aliphatic heterocycles. The van der Waals surface area contributed by atoms with Crippen LogP contribution in [0.4, 0.5) is 15.8 Å². The van der Waals surface area contributed by atoms with Crippen molar-refractivity contribution in [2.24, 2.45) is 0 Å². The van der Waals surface area contributed by atoms with Crippen molar-refractivity contribution in [3.8, 4) is 0 Å². The van der Waals surface area contributed by atoms with Crippen molar-refractivity contribution in [1.29, 1.82) is 0 Å². The van der Waals surface area contributed by atoms with Gasteiger partial charge in [0.2, 0.25) is 0 Å². The standard InChI is InChI=1S/C15H13BrFNO2/c1-8-5-10(15(19)20)3-4-13(8)18-14-7-11(16)12(17)6-9(14)2/h3-7,18H,1-2H3,(H,19,20). The van der Waals surface area contributed by atoms with Gasteiger partial charge in [0.05, 0.1) is 10.0 Å². The maximum atomic E-state index is 13.4. The molecule has 0 saturated carbocycles. The van der Waals surface area contributed by atoms with Gasteiger partial charge in [-0.2, -0.15) is 0 Å². The van der Waals surface area contributed by atoms with Crippen LogP contribution in [0.25, 0.3) is 0 Å². The number of carbonyl (C=O) groups is 1. The monoisotopic (exact) mass is 337 g/mol. The number of aromatic carboxylic acids is 1. The van der Waals surface area contributed by atoms with Crippen molar-refractivity contribution in [1.82, 2.24) is 0 Å². The van der Waals surface area contributed by atoms with E-state index in [1.807, 2.05) is 6.92 Å². The van der Waals surface area contributed by atoms with E-state index in [0.29, 0.717) is 4.47 Å². The van der Waals surface area contributed by atoms with Gasteiger partial charge >= 0.3 is 5.97 Å². The minimum Gasteiger partial charge on any atom is -0.478 e. The van der Waals surface area contributed by atoms with E-state index < -0.39 is 5.97 Å². The van der Waals surface area contributed by atoms with Crippen LogP contribution in [0.1, 0.15) is 21.5 Å². The van der Waals surface area contributed by atoms with Crippen LogP contribution in [0, 0.1) is 19.7 Å². The molecule has 0 radical (unpaired) electrons. The Morgan fingerprint density at radius 2 is 1.80 bits per heavy atom. The van der Waals surface area contributed by atoms with E-state index >= 15 is 0 Å². The van der Waals surface area contributed by atoms with Crippen molar-refractivity contribution in [3.05, 3.63) is 57.3 Å². The van der Waals surface area contributed by atoms with E-state index in [0.717, 1.165) is 22.5 Å². The number of rotatable bonds is 3. The molecule has 0 aliphatic rings. The predicted octanol–water partition coefficient (Wildman–Crippen LogP) is 4.65. The highest BCUT2D eigenvalue weighted by Crippen LogP contribution is 2.28. The van der Waals surface area contributed by atoms with Crippen LogP contribution in [0.3, 0.4) is 0 Å². The highest BCUT2D eigenvalue weighted by molar-refractivity contribution is 9.10. The third-order valence-corrected chi connectivity index (χ3v) is 3.62. The molecule has 0 bridgehead atoms. The highest BCUT2D eigenvalue weighted by atomic mass is 79.9. The molecule has 104 valence electrons. The number of aryl methyl sites for hydroxylation is 2. The van der Waals surface area contributed by atoms with Gasteiger partial charge in [0.1, 0.15) is 5.82 Å². The van der Waals surface area contributed by atoms with Gasteiger partial charge in [-0.1, -0.05) is 0 Å². The molecule has 0 amide bonds. The number of nitrogens with one attached hydrogen (secondary N) is 1. The maximum absolute atomic E-state index is 13.4. The van der Waals surface area contributed by atoms with Crippen LogP contribution in [-0.2, 0) is 0 Å². The number of benzene rings is 2. The van der Waals surface area contributed by atoms with Crippen LogP contribution in [-0.4, -0.2) is 11.1 Å². The van der Waals surface area contributed by atoms with E-state index in [2.05, 4.69) is 21.2 Å². The zero-order valence-corrected chi connectivity index (χ0v) is 12.6. The van der Waals surface area contributed by atoms with Gasteiger partial charge in [0, 0.05) is 11.4 Å². The molecule has 0 aliphatic carbocycles. The number of hydrogen-bond donors (Lipinski definition) is 2. The van der Waals surface area contributed by atoms with Gasteiger partial charge in [-0.15, -0.1) is 0 Å². The summed E-state index contributed by atoms with van der Waals surface area (Å²) in [4.78, 5) is 10.9. The first-order chi connectivity index (χ1) is 9.38. The number of carboxylic acid groups (broad SMARTS) is 1. The largest absolute Gasteiger partial charge is 0.478 e. The molecule has 5 heteroatoms. The second kappa shape index (κ2) is 5.63. The Morgan fingerprint density at radius 1 is 1.15 bits per heavy atom. The lowest BCUT2D eigenvalue weighted by Crippen LogP contribution is -2.00. The van der Waals surface area contributed by atoms with Crippen molar-refractivity contribution in [2.45, 2.75) is 13.8 Å². The van der Waals surface area contributed by atoms with Crippen molar-refractivity contribution in [2.75, 3.05) is 5.32 Å². The Morgan fingerprint density at radius 3 is 2.40 bits per heavy atom.